The average Bonchev–Trinajstić information content (AvgIpc) is 2.29. The Labute approximate surface area is 104 Å². The van der Waals surface area contributed by atoms with Gasteiger partial charge in [-0.1, -0.05) is 51.1 Å². The van der Waals surface area contributed by atoms with Gasteiger partial charge in [-0.05, 0) is 29.6 Å². The molecule has 1 aromatic rings. The summed E-state index contributed by atoms with van der Waals surface area (Å²) in [4.78, 5) is 0. The molecule has 0 spiro atoms. The predicted octanol–water partition coefficient (Wildman–Crippen LogP) is 3.91. The second kappa shape index (κ2) is 4.40. The maximum Gasteiger partial charge on any atom is 0.0419 e. The molecule has 1 aliphatic rings. The van der Waals surface area contributed by atoms with Crippen molar-refractivity contribution in [2.45, 2.75) is 27.7 Å². The molecular formula is C16H21N. The number of benzene rings is 1. The molecule has 1 aromatic carbocycles. The SMILES string of the molecule is Cc1ccccc1C1=CC=C(C(C)(C)C)CN1. The van der Waals surface area contributed by atoms with Gasteiger partial charge in [0.25, 0.3) is 0 Å². The molecule has 0 aromatic heterocycles. The van der Waals surface area contributed by atoms with Crippen LogP contribution in [0.4, 0.5) is 0 Å². The quantitative estimate of drug-likeness (QED) is 0.767. The van der Waals surface area contributed by atoms with Crippen molar-refractivity contribution in [3.05, 3.63) is 53.1 Å². The zero-order chi connectivity index (χ0) is 12.5. The summed E-state index contributed by atoms with van der Waals surface area (Å²) in [6, 6.07) is 8.50. The highest BCUT2D eigenvalue weighted by Crippen LogP contribution is 2.28. The van der Waals surface area contributed by atoms with Crippen LogP contribution in [-0.4, -0.2) is 6.54 Å². The molecule has 2 rings (SSSR count). The van der Waals surface area contributed by atoms with E-state index in [-0.39, 0.29) is 5.41 Å². The van der Waals surface area contributed by atoms with Crippen LogP contribution in [-0.2, 0) is 0 Å². The smallest absolute Gasteiger partial charge is 0.0419 e. The highest BCUT2D eigenvalue weighted by Gasteiger charge is 2.19. The van der Waals surface area contributed by atoms with E-state index in [4.69, 9.17) is 0 Å². The van der Waals surface area contributed by atoms with Crippen LogP contribution >= 0.6 is 0 Å². The van der Waals surface area contributed by atoms with Crippen molar-refractivity contribution in [2.75, 3.05) is 6.54 Å². The molecule has 1 heterocycles. The van der Waals surface area contributed by atoms with Crippen LogP contribution in [0.2, 0.25) is 0 Å². The van der Waals surface area contributed by atoms with Crippen LogP contribution in [0, 0.1) is 12.3 Å². The van der Waals surface area contributed by atoms with Gasteiger partial charge in [0, 0.05) is 17.8 Å². The fraction of sp³-hybridized carbons (Fsp3) is 0.375. The number of hydrogen-bond acceptors (Lipinski definition) is 1. The standard InChI is InChI=1S/C16H21N/c1-12-7-5-6-8-14(12)15-10-9-13(11-17-15)16(2,3)4/h5-10,17H,11H2,1-4H3. The topological polar surface area (TPSA) is 12.0 Å². The van der Waals surface area contributed by atoms with E-state index in [1.807, 2.05) is 0 Å². The highest BCUT2D eigenvalue weighted by atomic mass is 14.9. The lowest BCUT2D eigenvalue weighted by Crippen LogP contribution is -2.25. The Morgan fingerprint density at radius 3 is 2.29 bits per heavy atom. The van der Waals surface area contributed by atoms with Gasteiger partial charge in [0.15, 0.2) is 0 Å². The van der Waals surface area contributed by atoms with Crippen molar-refractivity contribution in [3.63, 3.8) is 0 Å². The van der Waals surface area contributed by atoms with Gasteiger partial charge in [-0.15, -0.1) is 0 Å². The molecule has 0 bridgehead atoms. The summed E-state index contributed by atoms with van der Waals surface area (Å²) in [5.41, 5.74) is 5.56. The van der Waals surface area contributed by atoms with E-state index in [1.54, 1.807) is 0 Å². The molecule has 1 N–H and O–H groups in total. The third-order valence-corrected chi connectivity index (χ3v) is 3.32. The average molecular weight is 227 g/mol. The van der Waals surface area contributed by atoms with Gasteiger partial charge >= 0.3 is 0 Å². The number of hydrogen-bond donors (Lipinski definition) is 1. The molecule has 0 unspecified atom stereocenters. The number of aryl methyl sites for hydroxylation is 1. The third kappa shape index (κ3) is 2.60. The Hall–Kier alpha value is -1.50. The summed E-state index contributed by atoms with van der Waals surface area (Å²) in [5.74, 6) is 0. The Morgan fingerprint density at radius 1 is 1.06 bits per heavy atom. The van der Waals surface area contributed by atoms with Crippen LogP contribution in [0.15, 0.2) is 42.0 Å². The lowest BCUT2D eigenvalue weighted by molar-refractivity contribution is 0.487. The van der Waals surface area contributed by atoms with Crippen LogP contribution in [0.1, 0.15) is 31.9 Å². The fourth-order valence-corrected chi connectivity index (χ4v) is 2.07. The zero-order valence-corrected chi connectivity index (χ0v) is 11.2. The van der Waals surface area contributed by atoms with Gasteiger partial charge in [-0.3, -0.25) is 0 Å². The van der Waals surface area contributed by atoms with Gasteiger partial charge in [-0.25, -0.2) is 0 Å². The molecule has 0 saturated heterocycles. The Kier molecular flexibility index (Phi) is 3.10. The molecular weight excluding hydrogens is 206 g/mol. The summed E-state index contributed by atoms with van der Waals surface area (Å²) in [7, 11) is 0. The first-order chi connectivity index (χ1) is 7.98. The van der Waals surface area contributed by atoms with Crippen LogP contribution in [0.3, 0.4) is 0 Å². The maximum atomic E-state index is 3.53. The van der Waals surface area contributed by atoms with Crippen molar-refractivity contribution in [1.29, 1.82) is 0 Å². The first-order valence-corrected chi connectivity index (χ1v) is 6.20. The van der Waals surface area contributed by atoms with Crippen molar-refractivity contribution >= 4 is 5.70 Å². The van der Waals surface area contributed by atoms with E-state index in [2.05, 4.69) is 69.4 Å². The van der Waals surface area contributed by atoms with Crippen molar-refractivity contribution < 1.29 is 0 Å². The van der Waals surface area contributed by atoms with Gasteiger partial charge in [0.05, 0.1) is 0 Å². The van der Waals surface area contributed by atoms with E-state index in [0.29, 0.717) is 0 Å². The maximum absolute atomic E-state index is 3.53. The van der Waals surface area contributed by atoms with E-state index in [9.17, 15) is 0 Å². The Balaban J connectivity index is 2.30. The normalized spacial score (nSPS) is 16.0. The lowest BCUT2D eigenvalue weighted by Gasteiger charge is -2.27. The number of dihydropyridines is 1. The number of rotatable bonds is 1. The van der Waals surface area contributed by atoms with Crippen LogP contribution in [0.25, 0.3) is 5.70 Å². The summed E-state index contributed by atoms with van der Waals surface area (Å²) in [5, 5.41) is 3.53. The molecule has 1 heteroatoms. The summed E-state index contributed by atoms with van der Waals surface area (Å²) in [6.45, 7) is 9.87. The van der Waals surface area contributed by atoms with Gasteiger partial charge in [-0.2, -0.15) is 0 Å². The lowest BCUT2D eigenvalue weighted by atomic mass is 9.84. The fourth-order valence-electron chi connectivity index (χ4n) is 2.07. The number of allylic oxidation sites excluding steroid dienone is 2. The largest absolute Gasteiger partial charge is 0.381 e. The van der Waals surface area contributed by atoms with E-state index in [1.165, 1.54) is 22.4 Å². The van der Waals surface area contributed by atoms with Crippen LogP contribution < -0.4 is 5.32 Å². The minimum Gasteiger partial charge on any atom is -0.381 e. The second-order valence-corrected chi connectivity index (χ2v) is 5.69. The number of nitrogens with one attached hydrogen (secondary N) is 1. The zero-order valence-electron chi connectivity index (χ0n) is 11.2. The van der Waals surface area contributed by atoms with E-state index < -0.39 is 0 Å². The summed E-state index contributed by atoms with van der Waals surface area (Å²) >= 11 is 0. The Morgan fingerprint density at radius 2 is 1.76 bits per heavy atom. The molecule has 1 aliphatic heterocycles. The summed E-state index contributed by atoms with van der Waals surface area (Å²) < 4.78 is 0. The van der Waals surface area contributed by atoms with Crippen molar-refractivity contribution in [1.82, 2.24) is 5.32 Å². The molecule has 90 valence electrons. The van der Waals surface area contributed by atoms with Gasteiger partial charge in [0.1, 0.15) is 0 Å². The van der Waals surface area contributed by atoms with Gasteiger partial charge < -0.3 is 5.32 Å². The molecule has 0 aliphatic carbocycles. The first kappa shape index (κ1) is 12.0. The minimum absolute atomic E-state index is 0.251. The molecule has 0 amide bonds. The molecule has 0 saturated carbocycles. The molecule has 0 fully saturated rings. The van der Waals surface area contributed by atoms with Crippen LogP contribution in [0.5, 0.6) is 0 Å². The molecule has 1 nitrogen and oxygen atoms in total. The third-order valence-electron chi connectivity index (χ3n) is 3.32. The van der Waals surface area contributed by atoms with E-state index >= 15 is 0 Å². The minimum atomic E-state index is 0.251. The Bertz CT molecular complexity index is 473. The molecule has 17 heavy (non-hydrogen) atoms. The van der Waals surface area contributed by atoms with Crippen molar-refractivity contribution in [3.8, 4) is 0 Å². The summed E-state index contributed by atoms with van der Waals surface area (Å²) in [6.07, 6.45) is 4.46. The molecule has 0 atom stereocenters. The second-order valence-electron chi connectivity index (χ2n) is 5.69. The van der Waals surface area contributed by atoms with E-state index in [0.717, 1.165) is 6.54 Å². The van der Waals surface area contributed by atoms with Gasteiger partial charge in [0.2, 0.25) is 0 Å². The predicted molar refractivity (Wildman–Crippen MR) is 74.7 cm³/mol. The highest BCUT2D eigenvalue weighted by molar-refractivity contribution is 5.69. The monoisotopic (exact) mass is 227 g/mol. The molecule has 0 radical (unpaired) electrons. The van der Waals surface area contributed by atoms with Crippen molar-refractivity contribution in [2.24, 2.45) is 5.41 Å². The first-order valence-electron chi connectivity index (χ1n) is 6.20.